The fraction of sp³-hybridized carbons (Fsp3) is 0.143. The van der Waals surface area contributed by atoms with Crippen LogP contribution in [0.15, 0.2) is 36.7 Å². The third-order valence-electron chi connectivity index (χ3n) is 2.50. The smallest absolute Gasteiger partial charge is 0.274 e. The first-order chi connectivity index (χ1) is 9.54. The number of nitrogens with one attached hydrogen (secondary N) is 2. The molecule has 1 aromatic heterocycles. The molecule has 6 nitrogen and oxygen atoms in total. The molecule has 0 aliphatic rings. The Bertz CT molecular complexity index is 638. The highest BCUT2D eigenvalue weighted by Crippen LogP contribution is 2.14. The lowest BCUT2D eigenvalue weighted by Gasteiger charge is -2.06. The SMILES string of the molecule is CC(=O)Nc1ccc(NC(=O)c2cc(C)ncn2)cc1. The van der Waals surface area contributed by atoms with Gasteiger partial charge in [0.2, 0.25) is 5.91 Å². The molecule has 0 bridgehead atoms. The van der Waals surface area contributed by atoms with Gasteiger partial charge in [-0.1, -0.05) is 0 Å². The number of amides is 2. The summed E-state index contributed by atoms with van der Waals surface area (Å²) < 4.78 is 0. The van der Waals surface area contributed by atoms with Crippen LogP contribution in [-0.4, -0.2) is 21.8 Å². The fourth-order valence-corrected chi connectivity index (χ4v) is 1.61. The van der Waals surface area contributed by atoms with Crippen molar-refractivity contribution in [1.82, 2.24) is 9.97 Å². The first-order valence-corrected chi connectivity index (χ1v) is 6.02. The van der Waals surface area contributed by atoms with Crippen molar-refractivity contribution in [3.63, 3.8) is 0 Å². The van der Waals surface area contributed by atoms with Gasteiger partial charge in [-0.25, -0.2) is 9.97 Å². The van der Waals surface area contributed by atoms with Crippen LogP contribution in [0.3, 0.4) is 0 Å². The van der Waals surface area contributed by atoms with Crippen LogP contribution < -0.4 is 10.6 Å². The Kier molecular flexibility index (Phi) is 4.05. The molecule has 2 amide bonds. The summed E-state index contributed by atoms with van der Waals surface area (Å²) in [6.45, 7) is 3.23. The van der Waals surface area contributed by atoms with Crippen molar-refractivity contribution in [3.05, 3.63) is 48.0 Å². The van der Waals surface area contributed by atoms with E-state index in [4.69, 9.17) is 0 Å². The van der Waals surface area contributed by atoms with E-state index in [1.54, 1.807) is 37.3 Å². The number of rotatable bonds is 3. The Morgan fingerprint density at radius 2 is 1.60 bits per heavy atom. The van der Waals surface area contributed by atoms with Gasteiger partial charge in [-0.2, -0.15) is 0 Å². The molecule has 0 saturated carbocycles. The van der Waals surface area contributed by atoms with E-state index in [2.05, 4.69) is 20.6 Å². The van der Waals surface area contributed by atoms with Crippen LogP contribution in [0.2, 0.25) is 0 Å². The predicted octanol–water partition coefficient (Wildman–Crippen LogP) is 2.00. The summed E-state index contributed by atoms with van der Waals surface area (Å²) in [5.74, 6) is -0.443. The molecule has 0 saturated heterocycles. The Labute approximate surface area is 116 Å². The van der Waals surface area contributed by atoms with Gasteiger partial charge in [0.1, 0.15) is 12.0 Å². The van der Waals surface area contributed by atoms with Crippen molar-refractivity contribution in [1.29, 1.82) is 0 Å². The van der Waals surface area contributed by atoms with E-state index in [1.165, 1.54) is 13.3 Å². The third kappa shape index (κ3) is 3.61. The number of hydrogen-bond acceptors (Lipinski definition) is 4. The zero-order valence-corrected chi connectivity index (χ0v) is 11.2. The molecular weight excluding hydrogens is 256 g/mol. The molecule has 1 heterocycles. The van der Waals surface area contributed by atoms with Gasteiger partial charge < -0.3 is 10.6 Å². The minimum absolute atomic E-state index is 0.141. The Hall–Kier alpha value is -2.76. The summed E-state index contributed by atoms with van der Waals surface area (Å²) in [6, 6.07) is 8.44. The van der Waals surface area contributed by atoms with E-state index in [9.17, 15) is 9.59 Å². The van der Waals surface area contributed by atoms with Crippen molar-refractivity contribution in [2.75, 3.05) is 10.6 Å². The molecule has 0 radical (unpaired) electrons. The molecule has 0 unspecified atom stereocenters. The van der Waals surface area contributed by atoms with Gasteiger partial charge in [-0.05, 0) is 37.3 Å². The van der Waals surface area contributed by atoms with Gasteiger partial charge in [-0.3, -0.25) is 9.59 Å². The van der Waals surface area contributed by atoms with Crippen molar-refractivity contribution in [2.45, 2.75) is 13.8 Å². The molecule has 2 rings (SSSR count). The Morgan fingerprint density at radius 3 is 2.15 bits per heavy atom. The number of hydrogen-bond donors (Lipinski definition) is 2. The summed E-state index contributed by atoms with van der Waals surface area (Å²) in [5.41, 5.74) is 2.34. The van der Waals surface area contributed by atoms with Crippen LogP contribution in [0.25, 0.3) is 0 Å². The molecule has 0 aliphatic carbocycles. The lowest BCUT2D eigenvalue weighted by atomic mass is 10.2. The maximum absolute atomic E-state index is 12.0. The van der Waals surface area contributed by atoms with E-state index in [-0.39, 0.29) is 11.8 Å². The number of carbonyl (C=O) groups excluding carboxylic acids is 2. The molecule has 2 aromatic rings. The maximum Gasteiger partial charge on any atom is 0.274 e. The zero-order chi connectivity index (χ0) is 14.5. The number of anilines is 2. The lowest BCUT2D eigenvalue weighted by molar-refractivity contribution is -0.114. The van der Waals surface area contributed by atoms with E-state index in [1.807, 2.05) is 0 Å². The maximum atomic E-state index is 12.0. The minimum Gasteiger partial charge on any atom is -0.326 e. The zero-order valence-electron chi connectivity index (χ0n) is 11.2. The number of carbonyl (C=O) groups is 2. The highest BCUT2D eigenvalue weighted by molar-refractivity contribution is 6.03. The van der Waals surface area contributed by atoms with Crippen LogP contribution in [0.5, 0.6) is 0 Å². The normalized spacial score (nSPS) is 9.90. The second-order valence-electron chi connectivity index (χ2n) is 4.26. The van der Waals surface area contributed by atoms with Crippen LogP contribution in [-0.2, 0) is 4.79 Å². The van der Waals surface area contributed by atoms with Crippen LogP contribution in [0.1, 0.15) is 23.1 Å². The molecule has 2 N–H and O–H groups in total. The van der Waals surface area contributed by atoms with Crippen molar-refractivity contribution >= 4 is 23.2 Å². The second-order valence-corrected chi connectivity index (χ2v) is 4.26. The van der Waals surface area contributed by atoms with E-state index in [0.717, 1.165) is 5.69 Å². The lowest BCUT2D eigenvalue weighted by Crippen LogP contribution is -2.14. The molecular formula is C14H14N4O2. The summed E-state index contributed by atoms with van der Waals surface area (Å²) in [4.78, 5) is 30.7. The van der Waals surface area contributed by atoms with E-state index >= 15 is 0 Å². The second kappa shape index (κ2) is 5.92. The minimum atomic E-state index is -0.303. The summed E-state index contributed by atoms with van der Waals surface area (Å²) in [7, 11) is 0. The van der Waals surface area contributed by atoms with E-state index < -0.39 is 0 Å². The van der Waals surface area contributed by atoms with Gasteiger partial charge in [0, 0.05) is 24.0 Å². The van der Waals surface area contributed by atoms with Crippen LogP contribution >= 0.6 is 0 Å². The Balaban J connectivity index is 2.06. The number of aromatic nitrogens is 2. The highest BCUT2D eigenvalue weighted by atomic mass is 16.2. The first kappa shape index (κ1) is 13.7. The van der Waals surface area contributed by atoms with Gasteiger partial charge >= 0.3 is 0 Å². The molecule has 0 spiro atoms. The van der Waals surface area contributed by atoms with Gasteiger partial charge in [0.05, 0.1) is 0 Å². The number of aryl methyl sites for hydroxylation is 1. The van der Waals surface area contributed by atoms with Crippen molar-refractivity contribution < 1.29 is 9.59 Å². The van der Waals surface area contributed by atoms with Gasteiger partial charge in [0.25, 0.3) is 5.91 Å². The molecule has 20 heavy (non-hydrogen) atoms. The standard InChI is InChI=1S/C14H14N4O2/c1-9-7-13(16-8-15-9)14(20)18-12-5-3-11(4-6-12)17-10(2)19/h3-8H,1-2H3,(H,17,19)(H,18,20). The van der Waals surface area contributed by atoms with Crippen molar-refractivity contribution in [2.24, 2.45) is 0 Å². The molecule has 0 fully saturated rings. The molecule has 0 atom stereocenters. The molecule has 1 aromatic carbocycles. The van der Waals surface area contributed by atoms with Gasteiger partial charge in [0.15, 0.2) is 0 Å². The molecule has 102 valence electrons. The molecule has 6 heteroatoms. The largest absolute Gasteiger partial charge is 0.326 e. The summed E-state index contributed by atoms with van der Waals surface area (Å²) in [6.07, 6.45) is 1.35. The number of nitrogens with zero attached hydrogens (tertiary/aromatic N) is 2. The van der Waals surface area contributed by atoms with E-state index in [0.29, 0.717) is 17.1 Å². The average molecular weight is 270 g/mol. The van der Waals surface area contributed by atoms with Crippen LogP contribution in [0, 0.1) is 6.92 Å². The number of benzene rings is 1. The quantitative estimate of drug-likeness (QED) is 0.893. The summed E-state index contributed by atoms with van der Waals surface area (Å²) in [5, 5.41) is 5.38. The fourth-order valence-electron chi connectivity index (χ4n) is 1.61. The van der Waals surface area contributed by atoms with Gasteiger partial charge in [-0.15, -0.1) is 0 Å². The topological polar surface area (TPSA) is 84.0 Å². The average Bonchev–Trinajstić information content (AvgIpc) is 2.40. The predicted molar refractivity (Wildman–Crippen MR) is 75.5 cm³/mol. The van der Waals surface area contributed by atoms with Crippen LogP contribution in [0.4, 0.5) is 11.4 Å². The van der Waals surface area contributed by atoms with Crippen molar-refractivity contribution in [3.8, 4) is 0 Å². The Morgan fingerprint density at radius 1 is 1.00 bits per heavy atom. The monoisotopic (exact) mass is 270 g/mol. The molecule has 0 aliphatic heterocycles. The first-order valence-electron chi connectivity index (χ1n) is 6.02. The third-order valence-corrected chi connectivity index (χ3v) is 2.50. The summed E-state index contributed by atoms with van der Waals surface area (Å²) >= 11 is 0. The highest BCUT2D eigenvalue weighted by Gasteiger charge is 2.08.